The lowest BCUT2D eigenvalue weighted by Gasteiger charge is -1.88. The van der Waals surface area contributed by atoms with Crippen molar-refractivity contribution in [3.63, 3.8) is 0 Å². The molecule has 4 aromatic rings. The van der Waals surface area contributed by atoms with E-state index in [2.05, 4.69) is 35.1 Å². The van der Waals surface area contributed by atoms with Crippen molar-refractivity contribution in [2.45, 2.75) is 13.8 Å². The fourth-order valence-electron chi connectivity index (χ4n) is 2.40. The van der Waals surface area contributed by atoms with Gasteiger partial charge < -0.3 is 4.42 Å². The van der Waals surface area contributed by atoms with Gasteiger partial charge >= 0.3 is 0 Å². The molecule has 2 aromatic heterocycles. The van der Waals surface area contributed by atoms with Gasteiger partial charge in [-0.2, -0.15) is 0 Å². The van der Waals surface area contributed by atoms with Crippen LogP contribution in [0.2, 0.25) is 0 Å². The Morgan fingerprint density at radius 1 is 0.909 bits per heavy atom. The summed E-state index contributed by atoms with van der Waals surface area (Å²) in [6.45, 7) is 4.13. The van der Waals surface area contributed by atoms with Crippen LogP contribution >= 0.6 is 11.3 Å². The van der Waals surface area contributed by atoms with Gasteiger partial charge in [0.2, 0.25) is 5.89 Å². The van der Waals surface area contributed by atoms with Crippen molar-refractivity contribution in [1.29, 1.82) is 0 Å². The number of benzene rings is 2. The summed E-state index contributed by atoms with van der Waals surface area (Å²) in [6.07, 6.45) is 3.83. The van der Waals surface area contributed by atoms with Crippen LogP contribution in [0.25, 0.3) is 33.5 Å². The highest BCUT2D eigenvalue weighted by Gasteiger charge is 2.04. The van der Waals surface area contributed by atoms with Crippen molar-refractivity contribution in [2.24, 2.45) is 0 Å². The Hall–Kier alpha value is -2.46. The molecule has 4 rings (SSSR count). The molecule has 4 heteroatoms. The van der Waals surface area contributed by atoms with Gasteiger partial charge in [-0.05, 0) is 55.3 Å². The lowest BCUT2D eigenvalue weighted by atomic mass is 10.2. The maximum absolute atomic E-state index is 5.72. The summed E-state index contributed by atoms with van der Waals surface area (Å²) in [4.78, 5) is 9.10. The SMILES string of the molecule is Cc1ccc2oc(C=Cc3nc4cc(C)ccc4s3)nc2c1. The van der Waals surface area contributed by atoms with Gasteiger partial charge in [-0.15, -0.1) is 11.3 Å². The second-order valence-electron chi connectivity index (χ2n) is 5.38. The molecule has 0 saturated carbocycles. The van der Waals surface area contributed by atoms with E-state index in [0.717, 1.165) is 21.6 Å². The Bertz CT molecular complexity index is 928. The van der Waals surface area contributed by atoms with Crippen LogP contribution in [0, 0.1) is 13.8 Å². The van der Waals surface area contributed by atoms with Crippen LogP contribution in [-0.2, 0) is 0 Å². The van der Waals surface area contributed by atoms with Gasteiger partial charge in [0, 0.05) is 6.08 Å². The molecule has 2 aromatic carbocycles. The molecular formula is C18H14N2OS. The fourth-order valence-corrected chi connectivity index (χ4v) is 3.25. The van der Waals surface area contributed by atoms with Gasteiger partial charge in [0.1, 0.15) is 10.5 Å². The molecule has 0 aliphatic carbocycles. The molecule has 0 unspecified atom stereocenters. The fraction of sp³-hybridized carbons (Fsp3) is 0.111. The predicted molar refractivity (Wildman–Crippen MR) is 92.0 cm³/mol. The molecule has 0 fully saturated rings. The zero-order valence-corrected chi connectivity index (χ0v) is 13.1. The monoisotopic (exact) mass is 306 g/mol. The number of thiazole rings is 1. The van der Waals surface area contributed by atoms with Gasteiger partial charge in [0.05, 0.1) is 10.2 Å². The number of fused-ring (bicyclic) bond motifs is 2. The van der Waals surface area contributed by atoms with Crippen LogP contribution in [0.1, 0.15) is 22.0 Å². The zero-order valence-electron chi connectivity index (χ0n) is 12.3. The third kappa shape index (κ3) is 2.42. The Morgan fingerprint density at radius 2 is 1.68 bits per heavy atom. The molecule has 0 saturated heterocycles. The van der Waals surface area contributed by atoms with Crippen LogP contribution in [0.3, 0.4) is 0 Å². The van der Waals surface area contributed by atoms with Gasteiger partial charge in [-0.3, -0.25) is 0 Å². The summed E-state index contributed by atoms with van der Waals surface area (Å²) >= 11 is 1.67. The number of nitrogens with zero attached hydrogens (tertiary/aromatic N) is 2. The molecule has 0 aliphatic heterocycles. The second-order valence-corrected chi connectivity index (χ2v) is 6.44. The van der Waals surface area contributed by atoms with Gasteiger partial charge in [-0.1, -0.05) is 12.1 Å². The van der Waals surface area contributed by atoms with Crippen molar-refractivity contribution in [3.8, 4) is 0 Å². The summed E-state index contributed by atoms with van der Waals surface area (Å²) in [6, 6.07) is 12.3. The average Bonchev–Trinajstić information content (AvgIpc) is 3.07. The number of aryl methyl sites for hydroxylation is 2. The molecule has 3 nitrogen and oxygen atoms in total. The highest BCUT2D eigenvalue weighted by molar-refractivity contribution is 7.19. The average molecular weight is 306 g/mol. The van der Waals surface area contributed by atoms with E-state index in [1.54, 1.807) is 11.3 Å². The molecule has 0 atom stereocenters. The topological polar surface area (TPSA) is 38.9 Å². The van der Waals surface area contributed by atoms with E-state index in [-0.39, 0.29) is 0 Å². The zero-order chi connectivity index (χ0) is 15.1. The van der Waals surface area contributed by atoms with Crippen molar-refractivity contribution in [1.82, 2.24) is 9.97 Å². The lowest BCUT2D eigenvalue weighted by Crippen LogP contribution is -1.73. The third-order valence-corrected chi connectivity index (χ3v) is 4.49. The third-order valence-electron chi connectivity index (χ3n) is 3.49. The summed E-state index contributed by atoms with van der Waals surface area (Å²) in [5, 5.41) is 0.957. The van der Waals surface area contributed by atoms with Gasteiger partial charge in [0.15, 0.2) is 5.58 Å². The summed E-state index contributed by atoms with van der Waals surface area (Å²) in [5.74, 6) is 0.607. The summed E-state index contributed by atoms with van der Waals surface area (Å²) in [7, 11) is 0. The molecular weight excluding hydrogens is 292 g/mol. The normalized spacial score (nSPS) is 11.9. The van der Waals surface area contributed by atoms with Crippen molar-refractivity contribution < 1.29 is 4.42 Å². The number of oxazole rings is 1. The van der Waals surface area contributed by atoms with Crippen molar-refractivity contribution in [2.75, 3.05) is 0 Å². The number of aromatic nitrogens is 2. The quantitative estimate of drug-likeness (QED) is 0.509. The van der Waals surface area contributed by atoms with Crippen LogP contribution in [0.4, 0.5) is 0 Å². The van der Waals surface area contributed by atoms with E-state index >= 15 is 0 Å². The molecule has 0 radical (unpaired) electrons. The highest BCUT2D eigenvalue weighted by Crippen LogP contribution is 2.25. The Kier molecular flexibility index (Phi) is 3.05. The Labute approximate surface area is 131 Å². The van der Waals surface area contributed by atoms with Crippen molar-refractivity contribution >= 4 is 44.8 Å². The second kappa shape index (κ2) is 5.07. The van der Waals surface area contributed by atoms with Crippen LogP contribution < -0.4 is 0 Å². The molecule has 22 heavy (non-hydrogen) atoms. The van der Waals surface area contributed by atoms with E-state index in [9.17, 15) is 0 Å². The Morgan fingerprint density at radius 3 is 2.55 bits per heavy atom. The first-order valence-electron chi connectivity index (χ1n) is 7.10. The number of rotatable bonds is 2. The number of hydrogen-bond acceptors (Lipinski definition) is 4. The molecule has 0 N–H and O–H groups in total. The standard InChI is InChI=1S/C18H14N2OS/c1-11-3-5-15-13(9-11)19-17(21-15)7-8-18-20-14-10-12(2)4-6-16(14)22-18/h3-10H,1-2H3. The predicted octanol–water partition coefficient (Wildman–Crippen LogP) is 5.22. The van der Waals surface area contributed by atoms with Crippen LogP contribution in [-0.4, -0.2) is 9.97 Å². The maximum Gasteiger partial charge on any atom is 0.220 e. The van der Waals surface area contributed by atoms with E-state index < -0.39 is 0 Å². The molecule has 0 spiro atoms. The maximum atomic E-state index is 5.72. The molecule has 0 bridgehead atoms. The van der Waals surface area contributed by atoms with Crippen LogP contribution in [0.5, 0.6) is 0 Å². The lowest BCUT2D eigenvalue weighted by molar-refractivity contribution is 0.589. The summed E-state index contributed by atoms with van der Waals surface area (Å²) < 4.78 is 6.91. The highest BCUT2D eigenvalue weighted by atomic mass is 32.1. The molecule has 0 aliphatic rings. The minimum atomic E-state index is 0.607. The minimum absolute atomic E-state index is 0.607. The Balaban J connectivity index is 1.68. The first-order valence-corrected chi connectivity index (χ1v) is 7.91. The van der Waals surface area contributed by atoms with E-state index in [1.807, 2.05) is 37.3 Å². The van der Waals surface area contributed by atoms with E-state index in [0.29, 0.717) is 5.89 Å². The first-order chi connectivity index (χ1) is 10.7. The smallest absolute Gasteiger partial charge is 0.220 e. The first kappa shape index (κ1) is 13.2. The van der Waals surface area contributed by atoms with Gasteiger partial charge in [-0.25, -0.2) is 9.97 Å². The van der Waals surface area contributed by atoms with Gasteiger partial charge in [0.25, 0.3) is 0 Å². The molecule has 108 valence electrons. The van der Waals surface area contributed by atoms with E-state index in [4.69, 9.17) is 4.42 Å². The minimum Gasteiger partial charge on any atom is -0.437 e. The van der Waals surface area contributed by atoms with Crippen molar-refractivity contribution in [3.05, 3.63) is 58.4 Å². The number of hydrogen-bond donors (Lipinski definition) is 0. The molecule has 0 amide bonds. The van der Waals surface area contributed by atoms with E-state index in [1.165, 1.54) is 15.8 Å². The summed E-state index contributed by atoms with van der Waals surface area (Å²) in [5.41, 5.74) is 5.14. The van der Waals surface area contributed by atoms with Crippen LogP contribution in [0.15, 0.2) is 40.8 Å². The molecule has 2 heterocycles. The largest absolute Gasteiger partial charge is 0.437 e.